The molecule has 1 aliphatic heterocycles. The van der Waals surface area contributed by atoms with Crippen LogP contribution in [0.5, 0.6) is 0 Å². The molecule has 1 unspecified atom stereocenters. The first-order chi connectivity index (χ1) is 10.6. The Morgan fingerprint density at radius 3 is 2.77 bits per heavy atom. The third kappa shape index (κ3) is 3.01. The Hall–Kier alpha value is -1.83. The van der Waals surface area contributed by atoms with Crippen molar-refractivity contribution in [1.29, 1.82) is 0 Å². The van der Waals surface area contributed by atoms with E-state index < -0.39 is 12.2 Å². The molecule has 1 aromatic rings. The van der Waals surface area contributed by atoms with Gasteiger partial charge in [-0.1, -0.05) is 0 Å². The van der Waals surface area contributed by atoms with Crippen molar-refractivity contribution in [2.75, 3.05) is 13.1 Å². The van der Waals surface area contributed by atoms with Crippen molar-refractivity contribution in [3.63, 3.8) is 0 Å². The van der Waals surface area contributed by atoms with Gasteiger partial charge in [0.1, 0.15) is 6.61 Å². The molecule has 0 radical (unpaired) electrons. The summed E-state index contributed by atoms with van der Waals surface area (Å²) in [6.07, 6.45) is 2.29. The Bertz CT molecular complexity index is 540. The standard InChI is InChI=1S/C14H19N3O4S/c18-12(21-7-10-8-22-9-15-10)16-11-1-2-14(11)3-5-17(6-4-14)13(19)20/h8-9,11H,1-7H2,(H,16,18)(H,19,20). The first kappa shape index (κ1) is 15.1. The Labute approximate surface area is 132 Å². The van der Waals surface area contributed by atoms with E-state index in [0.29, 0.717) is 13.1 Å². The summed E-state index contributed by atoms with van der Waals surface area (Å²) >= 11 is 1.47. The Kier molecular flexibility index (Phi) is 4.19. The summed E-state index contributed by atoms with van der Waals surface area (Å²) in [7, 11) is 0. The molecule has 1 saturated heterocycles. The molecule has 1 saturated carbocycles. The van der Waals surface area contributed by atoms with Crippen molar-refractivity contribution < 1.29 is 19.4 Å². The maximum absolute atomic E-state index is 11.9. The number of nitrogens with one attached hydrogen (secondary N) is 1. The van der Waals surface area contributed by atoms with Gasteiger partial charge in [0, 0.05) is 24.5 Å². The van der Waals surface area contributed by atoms with Gasteiger partial charge in [-0.25, -0.2) is 14.6 Å². The quantitative estimate of drug-likeness (QED) is 0.889. The number of likely N-dealkylation sites (tertiary alicyclic amines) is 1. The molecular formula is C14H19N3O4S. The summed E-state index contributed by atoms with van der Waals surface area (Å²) in [4.78, 5) is 28.3. The van der Waals surface area contributed by atoms with Crippen molar-refractivity contribution in [3.8, 4) is 0 Å². The van der Waals surface area contributed by atoms with Gasteiger partial charge in [-0.2, -0.15) is 0 Å². The minimum Gasteiger partial charge on any atom is -0.465 e. The van der Waals surface area contributed by atoms with E-state index in [9.17, 15) is 9.59 Å². The average molecular weight is 325 g/mol. The van der Waals surface area contributed by atoms with Crippen LogP contribution in [0.4, 0.5) is 9.59 Å². The number of alkyl carbamates (subject to hydrolysis) is 1. The first-order valence-electron chi connectivity index (χ1n) is 7.37. The van der Waals surface area contributed by atoms with Crippen molar-refractivity contribution in [3.05, 3.63) is 16.6 Å². The molecule has 1 aliphatic carbocycles. The van der Waals surface area contributed by atoms with Crippen molar-refractivity contribution >= 4 is 23.5 Å². The van der Waals surface area contributed by atoms with Crippen LogP contribution >= 0.6 is 11.3 Å². The summed E-state index contributed by atoms with van der Waals surface area (Å²) < 4.78 is 5.18. The highest BCUT2D eigenvalue weighted by atomic mass is 32.1. The molecule has 120 valence electrons. The van der Waals surface area contributed by atoms with Crippen molar-refractivity contribution in [2.24, 2.45) is 5.41 Å². The molecular weight excluding hydrogens is 306 g/mol. The fraction of sp³-hybridized carbons (Fsp3) is 0.643. The summed E-state index contributed by atoms with van der Waals surface area (Å²) in [5.74, 6) is 0. The molecule has 7 nitrogen and oxygen atoms in total. The number of thiazole rings is 1. The van der Waals surface area contributed by atoms with E-state index in [0.717, 1.165) is 31.4 Å². The normalized spacial score (nSPS) is 22.9. The van der Waals surface area contributed by atoms with Gasteiger partial charge >= 0.3 is 12.2 Å². The van der Waals surface area contributed by atoms with Gasteiger partial charge < -0.3 is 20.1 Å². The highest BCUT2D eigenvalue weighted by Crippen LogP contribution is 2.49. The number of nitrogens with zero attached hydrogens (tertiary/aromatic N) is 2. The fourth-order valence-electron chi connectivity index (χ4n) is 3.30. The van der Waals surface area contributed by atoms with Gasteiger partial charge in [0.15, 0.2) is 0 Å². The minimum absolute atomic E-state index is 0.0472. The number of rotatable bonds is 3. The summed E-state index contributed by atoms with van der Waals surface area (Å²) in [6.45, 7) is 1.27. The molecule has 8 heteroatoms. The SMILES string of the molecule is O=C(NC1CCC12CCN(C(=O)O)CC2)OCc1cscn1. The number of carboxylic acid groups (broad SMARTS) is 1. The predicted molar refractivity (Wildman–Crippen MR) is 79.7 cm³/mol. The maximum Gasteiger partial charge on any atom is 0.407 e. The van der Waals surface area contributed by atoms with Crippen LogP contribution in [-0.4, -0.2) is 46.3 Å². The zero-order valence-corrected chi connectivity index (χ0v) is 13.0. The topological polar surface area (TPSA) is 91.8 Å². The van der Waals surface area contributed by atoms with Crippen LogP contribution in [-0.2, 0) is 11.3 Å². The van der Waals surface area contributed by atoms with Crippen LogP contribution in [0.2, 0.25) is 0 Å². The third-order valence-corrected chi connectivity index (χ3v) is 5.46. The van der Waals surface area contributed by atoms with Gasteiger partial charge in [-0.05, 0) is 31.1 Å². The molecule has 2 amide bonds. The summed E-state index contributed by atoms with van der Waals surface area (Å²) in [5.41, 5.74) is 2.50. The second-order valence-electron chi connectivity index (χ2n) is 5.92. The number of carbonyl (C=O) groups is 2. The molecule has 0 bridgehead atoms. The largest absolute Gasteiger partial charge is 0.465 e. The zero-order valence-electron chi connectivity index (χ0n) is 12.2. The Morgan fingerprint density at radius 2 is 2.23 bits per heavy atom. The molecule has 2 heterocycles. The van der Waals surface area contributed by atoms with Gasteiger partial charge in [0.05, 0.1) is 11.2 Å². The number of ether oxygens (including phenoxy) is 1. The van der Waals surface area contributed by atoms with Crippen molar-refractivity contribution in [2.45, 2.75) is 38.3 Å². The summed E-state index contributed by atoms with van der Waals surface area (Å²) in [5, 5.41) is 13.8. The first-order valence-corrected chi connectivity index (χ1v) is 8.32. The fourth-order valence-corrected chi connectivity index (χ4v) is 3.84. The molecule has 22 heavy (non-hydrogen) atoms. The highest BCUT2D eigenvalue weighted by Gasteiger charge is 2.49. The molecule has 2 N–H and O–H groups in total. The predicted octanol–water partition coefficient (Wildman–Crippen LogP) is 2.29. The molecule has 0 aromatic carbocycles. The van der Waals surface area contributed by atoms with Gasteiger partial charge in [-0.15, -0.1) is 11.3 Å². The van der Waals surface area contributed by atoms with Crippen LogP contribution in [0.1, 0.15) is 31.4 Å². The van der Waals surface area contributed by atoms with Crippen molar-refractivity contribution in [1.82, 2.24) is 15.2 Å². The average Bonchev–Trinajstić information content (AvgIpc) is 3.03. The maximum atomic E-state index is 11.9. The lowest BCUT2D eigenvalue weighted by molar-refractivity contribution is -0.00380. The summed E-state index contributed by atoms with van der Waals surface area (Å²) in [6, 6.07) is 0.0892. The van der Waals surface area contributed by atoms with Crippen LogP contribution in [0, 0.1) is 5.41 Å². The van der Waals surface area contributed by atoms with E-state index in [1.807, 2.05) is 5.38 Å². The van der Waals surface area contributed by atoms with Gasteiger partial charge in [0.25, 0.3) is 0 Å². The van der Waals surface area contributed by atoms with Gasteiger partial charge in [-0.3, -0.25) is 0 Å². The third-order valence-electron chi connectivity index (χ3n) is 4.83. The smallest absolute Gasteiger partial charge is 0.407 e. The number of hydrogen-bond acceptors (Lipinski definition) is 5. The van der Waals surface area contributed by atoms with Crippen LogP contribution in [0.15, 0.2) is 10.9 Å². The molecule has 2 fully saturated rings. The lowest BCUT2D eigenvalue weighted by Crippen LogP contribution is -2.59. The molecule has 1 aromatic heterocycles. The zero-order chi connectivity index (χ0) is 15.6. The number of piperidine rings is 1. The minimum atomic E-state index is -0.860. The second kappa shape index (κ2) is 6.12. The van der Waals surface area contributed by atoms with Crippen LogP contribution < -0.4 is 5.32 Å². The van der Waals surface area contributed by atoms with E-state index in [1.54, 1.807) is 5.51 Å². The molecule has 1 spiro atoms. The monoisotopic (exact) mass is 325 g/mol. The molecule has 3 rings (SSSR count). The molecule has 2 aliphatic rings. The number of hydrogen-bond donors (Lipinski definition) is 2. The van der Waals surface area contributed by atoms with Gasteiger partial charge in [0.2, 0.25) is 0 Å². The van der Waals surface area contributed by atoms with E-state index in [2.05, 4.69) is 10.3 Å². The van der Waals surface area contributed by atoms with E-state index in [-0.39, 0.29) is 18.1 Å². The highest BCUT2D eigenvalue weighted by molar-refractivity contribution is 7.07. The Morgan fingerprint density at radius 1 is 1.45 bits per heavy atom. The lowest BCUT2D eigenvalue weighted by atomic mass is 9.59. The number of aromatic nitrogens is 1. The van der Waals surface area contributed by atoms with E-state index >= 15 is 0 Å². The van der Waals surface area contributed by atoms with E-state index in [1.165, 1.54) is 16.2 Å². The van der Waals surface area contributed by atoms with Crippen LogP contribution in [0.25, 0.3) is 0 Å². The second-order valence-corrected chi connectivity index (χ2v) is 6.64. The van der Waals surface area contributed by atoms with Crippen LogP contribution in [0.3, 0.4) is 0 Å². The van der Waals surface area contributed by atoms with E-state index in [4.69, 9.17) is 9.84 Å². The lowest BCUT2D eigenvalue weighted by Gasteiger charge is -2.53. The Balaban J connectivity index is 1.47. The number of amides is 2. The molecule has 1 atom stereocenters. The number of carbonyl (C=O) groups excluding carboxylic acids is 1.